The molecule has 0 aromatic heterocycles. The highest BCUT2D eigenvalue weighted by Gasteiger charge is 2.41. The van der Waals surface area contributed by atoms with Gasteiger partial charge in [-0.05, 0) is 5.56 Å². The van der Waals surface area contributed by atoms with E-state index in [4.69, 9.17) is 9.47 Å². The van der Waals surface area contributed by atoms with Crippen molar-refractivity contribution >= 4 is 23.8 Å². The second-order valence-electron chi connectivity index (χ2n) is 5.93. The van der Waals surface area contributed by atoms with E-state index in [9.17, 15) is 19.2 Å². The lowest BCUT2D eigenvalue weighted by atomic mass is 10.2. The molecular formula is C19H21NO7. The Morgan fingerprint density at radius 3 is 2.41 bits per heavy atom. The van der Waals surface area contributed by atoms with Crippen molar-refractivity contribution in [1.82, 2.24) is 4.90 Å². The summed E-state index contributed by atoms with van der Waals surface area (Å²) in [5.74, 6) is -2.32. The molecule has 144 valence electrons. The van der Waals surface area contributed by atoms with Crippen molar-refractivity contribution in [2.45, 2.75) is 32.1 Å². The number of nitrogens with zero attached hydrogens (tertiary/aromatic N) is 1. The van der Waals surface area contributed by atoms with Crippen LogP contribution in [0, 0.1) is 0 Å². The molecule has 0 saturated carbocycles. The summed E-state index contributed by atoms with van der Waals surface area (Å²) in [7, 11) is 1.19. The van der Waals surface area contributed by atoms with E-state index < -0.39 is 30.1 Å². The van der Waals surface area contributed by atoms with Crippen molar-refractivity contribution in [2.24, 2.45) is 0 Å². The van der Waals surface area contributed by atoms with Crippen molar-refractivity contribution < 1.29 is 33.4 Å². The number of hydrogen-bond donors (Lipinski definition) is 0. The van der Waals surface area contributed by atoms with Gasteiger partial charge in [-0.1, -0.05) is 30.3 Å². The maximum absolute atomic E-state index is 12.4. The smallest absolute Gasteiger partial charge is 0.331 e. The van der Waals surface area contributed by atoms with Gasteiger partial charge in [0.25, 0.3) is 0 Å². The van der Waals surface area contributed by atoms with Crippen molar-refractivity contribution in [1.29, 1.82) is 0 Å². The quantitative estimate of drug-likeness (QED) is 0.415. The van der Waals surface area contributed by atoms with Gasteiger partial charge in [-0.15, -0.1) is 0 Å². The lowest BCUT2D eigenvalue weighted by molar-refractivity contribution is -0.154. The molecular weight excluding hydrogens is 354 g/mol. The zero-order chi connectivity index (χ0) is 19.8. The fourth-order valence-electron chi connectivity index (χ4n) is 2.69. The zero-order valence-corrected chi connectivity index (χ0v) is 15.1. The maximum Gasteiger partial charge on any atom is 0.331 e. The number of hydrogen-bond acceptors (Lipinski definition) is 7. The number of esters is 3. The Bertz CT molecular complexity index is 729. The van der Waals surface area contributed by atoms with Gasteiger partial charge in [0.15, 0.2) is 0 Å². The van der Waals surface area contributed by atoms with Crippen LogP contribution in [-0.4, -0.2) is 54.5 Å². The third-order valence-electron chi connectivity index (χ3n) is 4.00. The molecule has 1 aromatic rings. The Labute approximate surface area is 156 Å². The molecule has 0 N–H and O–H groups in total. The van der Waals surface area contributed by atoms with E-state index in [1.165, 1.54) is 18.9 Å². The Morgan fingerprint density at radius 2 is 1.78 bits per heavy atom. The van der Waals surface area contributed by atoms with E-state index in [1.807, 2.05) is 30.3 Å². The van der Waals surface area contributed by atoms with Crippen LogP contribution in [0.5, 0.6) is 0 Å². The fraction of sp³-hybridized carbons (Fsp3) is 0.368. The van der Waals surface area contributed by atoms with Gasteiger partial charge in [0.1, 0.15) is 18.8 Å². The summed E-state index contributed by atoms with van der Waals surface area (Å²) < 4.78 is 14.9. The van der Waals surface area contributed by atoms with Crippen LogP contribution in [0.4, 0.5) is 0 Å². The average Bonchev–Trinajstić information content (AvgIpc) is 3.09. The molecule has 0 unspecified atom stereocenters. The molecule has 0 aliphatic carbocycles. The first-order chi connectivity index (χ1) is 12.9. The lowest BCUT2D eigenvalue weighted by Crippen LogP contribution is -2.40. The highest BCUT2D eigenvalue weighted by molar-refractivity contribution is 5.91. The summed E-state index contributed by atoms with van der Waals surface area (Å²) >= 11 is 0. The molecule has 1 saturated heterocycles. The molecule has 0 radical (unpaired) electrons. The van der Waals surface area contributed by atoms with Crippen LogP contribution in [-0.2, 0) is 40.0 Å². The lowest BCUT2D eigenvalue weighted by Gasteiger charge is -2.21. The number of carbonyl (C=O) groups is 4. The monoisotopic (exact) mass is 375 g/mol. The van der Waals surface area contributed by atoms with Crippen LogP contribution in [0.3, 0.4) is 0 Å². The molecule has 1 heterocycles. The number of amides is 1. The van der Waals surface area contributed by atoms with Crippen molar-refractivity contribution in [2.75, 3.05) is 13.7 Å². The van der Waals surface area contributed by atoms with Crippen LogP contribution in [0.15, 0.2) is 42.5 Å². The third kappa shape index (κ3) is 5.95. The van der Waals surface area contributed by atoms with Crippen molar-refractivity contribution in [3.05, 3.63) is 48.0 Å². The molecule has 2 rings (SSSR count). The summed E-state index contributed by atoms with van der Waals surface area (Å²) in [5.41, 5.74) is 0.828. The van der Waals surface area contributed by atoms with Crippen LogP contribution in [0.2, 0.25) is 0 Å². The van der Waals surface area contributed by atoms with E-state index in [2.05, 4.69) is 4.74 Å². The van der Waals surface area contributed by atoms with Crippen LogP contribution >= 0.6 is 0 Å². The van der Waals surface area contributed by atoms with E-state index in [0.29, 0.717) is 0 Å². The Hall–Kier alpha value is -3.16. The Morgan fingerprint density at radius 1 is 1.11 bits per heavy atom. The number of methoxy groups -OCH3 is 1. The highest BCUT2D eigenvalue weighted by atomic mass is 16.6. The molecule has 2 atom stereocenters. The molecule has 1 aliphatic rings. The van der Waals surface area contributed by atoms with Gasteiger partial charge in [-0.25, -0.2) is 14.4 Å². The number of rotatable bonds is 6. The molecule has 8 nitrogen and oxygen atoms in total. The maximum atomic E-state index is 12.4. The fourth-order valence-corrected chi connectivity index (χ4v) is 2.69. The summed E-state index contributed by atoms with van der Waals surface area (Å²) in [4.78, 5) is 48.3. The molecule has 1 aliphatic heterocycles. The van der Waals surface area contributed by atoms with Crippen LogP contribution < -0.4 is 0 Å². The standard InChI is InChI=1S/C19H21NO7/c1-13(21)20-11-15(27-18(23)9-8-17(22)25-2)10-16(20)19(24)26-12-14-6-4-3-5-7-14/h3-9,15-16H,10-12H2,1-2H3/b9-8+/t15-,16+/m1/s1. The molecule has 1 fully saturated rings. The van der Waals surface area contributed by atoms with E-state index in [-0.39, 0.29) is 25.5 Å². The Kier molecular flexibility index (Phi) is 7.10. The normalized spacial score (nSPS) is 19.0. The minimum atomic E-state index is -0.825. The number of benzene rings is 1. The van der Waals surface area contributed by atoms with E-state index >= 15 is 0 Å². The third-order valence-corrected chi connectivity index (χ3v) is 4.00. The van der Waals surface area contributed by atoms with Gasteiger partial charge in [-0.2, -0.15) is 0 Å². The van der Waals surface area contributed by atoms with Gasteiger partial charge in [0.05, 0.1) is 13.7 Å². The SMILES string of the molecule is COC(=O)/C=C/C(=O)O[C@@H]1C[C@@H](C(=O)OCc2ccccc2)N(C(C)=O)C1. The second-order valence-corrected chi connectivity index (χ2v) is 5.93. The molecule has 1 amide bonds. The summed E-state index contributed by atoms with van der Waals surface area (Å²) in [6.07, 6.45) is 1.33. The second kappa shape index (κ2) is 9.51. The summed E-state index contributed by atoms with van der Waals surface area (Å²) in [6.45, 7) is 1.51. The Balaban J connectivity index is 1.94. The number of carbonyl (C=O) groups excluding carboxylic acids is 4. The molecule has 0 spiro atoms. The number of likely N-dealkylation sites (tertiary alicyclic amines) is 1. The van der Waals surface area contributed by atoms with Crippen molar-refractivity contribution in [3.63, 3.8) is 0 Å². The minimum absolute atomic E-state index is 0.0816. The predicted octanol–water partition coefficient (Wildman–Crippen LogP) is 0.992. The van der Waals surface area contributed by atoms with Crippen molar-refractivity contribution in [3.8, 4) is 0 Å². The first-order valence-electron chi connectivity index (χ1n) is 8.35. The van der Waals surface area contributed by atoms with E-state index in [1.54, 1.807) is 0 Å². The molecule has 8 heteroatoms. The topological polar surface area (TPSA) is 99.2 Å². The largest absolute Gasteiger partial charge is 0.466 e. The summed E-state index contributed by atoms with van der Waals surface area (Å²) in [5, 5.41) is 0. The molecule has 27 heavy (non-hydrogen) atoms. The summed E-state index contributed by atoms with van der Waals surface area (Å²) in [6, 6.07) is 8.34. The number of ether oxygens (including phenoxy) is 3. The first-order valence-corrected chi connectivity index (χ1v) is 8.35. The van der Waals surface area contributed by atoms with E-state index in [0.717, 1.165) is 17.7 Å². The van der Waals surface area contributed by atoms with Gasteiger partial charge in [0.2, 0.25) is 5.91 Å². The van der Waals surface area contributed by atoms with Gasteiger partial charge < -0.3 is 19.1 Å². The van der Waals surface area contributed by atoms with Gasteiger partial charge in [-0.3, -0.25) is 4.79 Å². The average molecular weight is 375 g/mol. The minimum Gasteiger partial charge on any atom is -0.466 e. The molecule has 0 bridgehead atoms. The van der Waals surface area contributed by atoms with Gasteiger partial charge in [0, 0.05) is 25.5 Å². The highest BCUT2D eigenvalue weighted by Crippen LogP contribution is 2.22. The first kappa shape index (κ1) is 20.2. The van der Waals surface area contributed by atoms with Crippen LogP contribution in [0.25, 0.3) is 0 Å². The predicted molar refractivity (Wildman–Crippen MR) is 93.1 cm³/mol. The van der Waals surface area contributed by atoms with Crippen LogP contribution in [0.1, 0.15) is 18.9 Å². The molecule has 1 aromatic carbocycles. The van der Waals surface area contributed by atoms with Gasteiger partial charge >= 0.3 is 17.9 Å². The zero-order valence-electron chi connectivity index (χ0n) is 15.1.